The van der Waals surface area contributed by atoms with E-state index in [1.54, 1.807) is 12.3 Å². The van der Waals surface area contributed by atoms with Crippen LogP contribution in [0.3, 0.4) is 0 Å². The van der Waals surface area contributed by atoms with Crippen molar-refractivity contribution in [2.24, 2.45) is 5.92 Å². The van der Waals surface area contributed by atoms with E-state index in [1.807, 2.05) is 30.2 Å². The summed E-state index contributed by atoms with van der Waals surface area (Å²) in [7, 11) is 0. The molecule has 2 atom stereocenters. The number of aliphatic hydroxyl groups excluding tert-OH is 1. The number of carbonyl (C=O) groups is 1. The molecule has 0 aliphatic carbocycles. The Labute approximate surface area is 119 Å². The van der Waals surface area contributed by atoms with Crippen LogP contribution in [0.4, 0.5) is 0 Å². The molecule has 1 amide bonds. The Hall–Kier alpha value is -1.00. The van der Waals surface area contributed by atoms with Crippen LogP contribution >= 0.6 is 11.6 Å². The topological polar surface area (TPSA) is 45.5 Å². The van der Waals surface area contributed by atoms with E-state index in [4.69, 9.17) is 11.6 Å². The van der Waals surface area contributed by atoms with Crippen LogP contribution in [-0.4, -0.2) is 39.7 Å². The summed E-state index contributed by atoms with van der Waals surface area (Å²) in [4.78, 5) is 14.4. The zero-order valence-corrected chi connectivity index (χ0v) is 12.4. The van der Waals surface area contributed by atoms with Crippen molar-refractivity contribution in [3.8, 4) is 0 Å². The Bertz CT molecular complexity index is 470. The summed E-state index contributed by atoms with van der Waals surface area (Å²) >= 11 is 6.01. The van der Waals surface area contributed by atoms with Gasteiger partial charge >= 0.3 is 0 Å². The zero-order chi connectivity index (χ0) is 14.2. The first-order chi connectivity index (χ1) is 8.90. The fourth-order valence-electron chi connectivity index (χ4n) is 2.52. The monoisotopic (exact) mass is 284 g/mol. The fraction of sp³-hybridized carbons (Fsp3) is 0.643. The third-order valence-electron chi connectivity index (χ3n) is 3.74. The van der Waals surface area contributed by atoms with E-state index in [9.17, 15) is 9.90 Å². The van der Waals surface area contributed by atoms with Gasteiger partial charge in [-0.05, 0) is 32.3 Å². The molecule has 1 aromatic rings. The van der Waals surface area contributed by atoms with Crippen molar-refractivity contribution in [1.29, 1.82) is 0 Å². The van der Waals surface area contributed by atoms with Gasteiger partial charge in [0.2, 0.25) is 0 Å². The van der Waals surface area contributed by atoms with Crippen molar-refractivity contribution in [3.63, 3.8) is 0 Å². The van der Waals surface area contributed by atoms with Crippen LogP contribution in [0.2, 0.25) is 5.02 Å². The van der Waals surface area contributed by atoms with Gasteiger partial charge in [0.15, 0.2) is 0 Å². The molecule has 1 aliphatic heterocycles. The molecule has 1 aliphatic rings. The Balaban J connectivity index is 2.20. The van der Waals surface area contributed by atoms with Gasteiger partial charge in [0.25, 0.3) is 5.91 Å². The van der Waals surface area contributed by atoms with E-state index < -0.39 is 0 Å². The van der Waals surface area contributed by atoms with Gasteiger partial charge in [-0.2, -0.15) is 0 Å². The van der Waals surface area contributed by atoms with Gasteiger partial charge in [-0.3, -0.25) is 4.79 Å². The molecule has 0 aromatic carbocycles. The first kappa shape index (κ1) is 14.4. The summed E-state index contributed by atoms with van der Waals surface area (Å²) in [5.74, 6) is 0.120. The molecule has 4 nitrogen and oxygen atoms in total. The fourth-order valence-corrected chi connectivity index (χ4v) is 2.73. The van der Waals surface area contributed by atoms with Crippen LogP contribution in [-0.2, 0) is 0 Å². The predicted molar refractivity (Wildman–Crippen MR) is 75.5 cm³/mol. The lowest BCUT2D eigenvalue weighted by molar-refractivity contribution is 0.0290. The number of aliphatic hydroxyl groups is 1. The molecule has 2 heterocycles. The average Bonchev–Trinajstić information content (AvgIpc) is 2.74. The number of likely N-dealkylation sites (tertiary alicyclic amines) is 1. The molecular weight excluding hydrogens is 264 g/mol. The van der Waals surface area contributed by atoms with Crippen LogP contribution in [0, 0.1) is 5.92 Å². The van der Waals surface area contributed by atoms with E-state index in [-0.39, 0.29) is 24.0 Å². The third kappa shape index (κ3) is 2.95. The second-order valence-electron chi connectivity index (χ2n) is 5.63. The van der Waals surface area contributed by atoms with E-state index >= 15 is 0 Å². The number of hydrogen-bond donors (Lipinski definition) is 1. The molecule has 0 spiro atoms. The molecule has 1 saturated heterocycles. The molecule has 2 unspecified atom stereocenters. The van der Waals surface area contributed by atoms with Crippen molar-refractivity contribution >= 4 is 17.5 Å². The molecule has 0 radical (unpaired) electrons. The largest absolute Gasteiger partial charge is 0.393 e. The Morgan fingerprint density at radius 1 is 1.53 bits per heavy atom. The maximum Gasteiger partial charge on any atom is 0.270 e. The number of piperidine rings is 1. The normalized spacial score (nSPS) is 24.0. The van der Waals surface area contributed by atoms with Crippen LogP contribution in [0.5, 0.6) is 0 Å². The molecule has 2 rings (SSSR count). The lowest BCUT2D eigenvalue weighted by atomic mass is 9.96. The van der Waals surface area contributed by atoms with Gasteiger partial charge in [0, 0.05) is 25.3 Å². The third-order valence-corrected chi connectivity index (χ3v) is 3.94. The zero-order valence-electron chi connectivity index (χ0n) is 11.6. The van der Waals surface area contributed by atoms with Gasteiger partial charge in [-0.15, -0.1) is 0 Å². The standard InChI is InChI=1S/C14H21ClN2O2/c1-9(2)17-8-11(15)6-12(17)14(19)16-5-4-13(18)10(3)7-16/h6,8-10,13,18H,4-5,7H2,1-3H3. The predicted octanol–water partition coefficient (Wildman–Crippen LogP) is 2.57. The molecule has 106 valence electrons. The van der Waals surface area contributed by atoms with E-state index in [1.165, 1.54) is 0 Å². The van der Waals surface area contributed by atoms with Crippen molar-refractivity contribution in [1.82, 2.24) is 9.47 Å². The highest BCUT2D eigenvalue weighted by atomic mass is 35.5. The minimum absolute atomic E-state index is 0.000602. The summed E-state index contributed by atoms with van der Waals surface area (Å²) in [6.45, 7) is 7.22. The van der Waals surface area contributed by atoms with Gasteiger partial charge in [-0.25, -0.2) is 0 Å². The first-order valence-electron chi connectivity index (χ1n) is 6.75. The summed E-state index contributed by atoms with van der Waals surface area (Å²) in [6.07, 6.45) is 2.13. The first-order valence-corrected chi connectivity index (χ1v) is 7.12. The number of aromatic nitrogens is 1. The smallest absolute Gasteiger partial charge is 0.270 e. The maximum absolute atomic E-state index is 12.6. The summed E-state index contributed by atoms with van der Waals surface area (Å²) in [6, 6.07) is 1.92. The van der Waals surface area contributed by atoms with Crippen molar-refractivity contribution in [2.45, 2.75) is 39.3 Å². The Kier molecular flexibility index (Phi) is 4.21. The lowest BCUT2D eigenvalue weighted by Gasteiger charge is -2.34. The highest BCUT2D eigenvalue weighted by Crippen LogP contribution is 2.23. The van der Waals surface area contributed by atoms with Crippen LogP contribution in [0.15, 0.2) is 12.3 Å². The SMILES string of the molecule is CC1CN(C(=O)c2cc(Cl)cn2C(C)C)CCC1O. The number of nitrogens with zero attached hydrogens (tertiary/aromatic N) is 2. The molecule has 0 bridgehead atoms. The van der Waals surface area contributed by atoms with Gasteiger partial charge in [0.1, 0.15) is 5.69 Å². The second-order valence-corrected chi connectivity index (χ2v) is 6.07. The van der Waals surface area contributed by atoms with Crippen LogP contribution in [0.25, 0.3) is 0 Å². The lowest BCUT2D eigenvalue weighted by Crippen LogP contribution is -2.45. The van der Waals surface area contributed by atoms with Gasteiger partial charge in [0.05, 0.1) is 11.1 Å². The van der Waals surface area contributed by atoms with E-state index in [0.717, 1.165) is 0 Å². The molecule has 5 heteroatoms. The van der Waals surface area contributed by atoms with Crippen molar-refractivity contribution in [3.05, 3.63) is 23.0 Å². The minimum atomic E-state index is -0.301. The van der Waals surface area contributed by atoms with Gasteiger partial charge in [-0.1, -0.05) is 18.5 Å². The second kappa shape index (κ2) is 5.55. The van der Waals surface area contributed by atoms with E-state index in [0.29, 0.717) is 30.2 Å². The van der Waals surface area contributed by atoms with Crippen molar-refractivity contribution < 1.29 is 9.90 Å². The maximum atomic E-state index is 12.6. The molecule has 19 heavy (non-hydrogen) atoms. The highest BCUT2D eigenvalue weighted by Gasteiger charge is 2.29. The van der Waals surface area contributed by atoms with E-state index in [2.05, 4.69) is 0 Å². The Morgan fingerprint density at radius 3 is 2.79 bits per heavy atom. The Morgan fingerprint density at radius 2 is 2.21 bits per heavy atom. The molecule has 1 aromatic heterocycles. The summed E-state index contributed by atoms with van der Waals surface area (Å²) in [5, 5.41) is 10.3. The average molecular weight is 285 g/mol. The number of amides is 1. The molecular formula is C14H21ClN2O2. The summed E-state index contributed by atoms with van der Waals surface area (Å²) < 4.78 is 1.90. The summed E-state index contributed by atoms with van der Waals surface area (Å²) in [5.41, 5.74) is 0.628. The quantitative estimate of drug-likeness (QED) is 0.907. The number of rotatable bonds is 2. The van der Waals surface area contributed by atoms with Gasteiger partial charge < -0.3 is 14.6 Å². The van der Waals surface area contributed by atoms with Crippen LogP contribution in [0.1, 0.15) is 43.7 Å². The number of carbonyl (C=O) groups excluding carboxylic acids is 1. The van der Waals surface area contributed by atoms with Crippen LogP contribution < -0.4 is 0 Å². The number of hydrogen-bond acceptors (Lipinski definition) is 2. The van der Waals surface area contributed by atoms with Crippen molar-refractivity contribution in [2.75, 3.05) is 13.1 Å². The molecule has 0 saturated carbocycles. The molecule has 1 fully saturated rings. The molecule has 1 N–H and O–H groups in total. The highest BCUT2D eigenvalue weighted by molar-refractivity contribution is 6.31. The minimum Gasteiger partial charge on any atom is -0.393 e. The number of halogens is 1.